The van der Waals surface area contributed by atoms with Gasteiger partial charge in [0.1, 0.15) is 11.6 Å². The lowest BCUT2D eigenvalue weighted by Gasteiger charge is -2.34. The van der Waals surface area contributed by atoms with E-state index in [1.807, 2.05) is 0 Å². The first-order chi connectivity index (χ1) is 14.4. The summed E-state index contributed by atoms with van der Waals surface area (Å²) in [5.41, 5.74) is -0.271. The first-order valence-electron chi connectivity index (χ1n) is 10.3. The molecule has 0 aliphatic heterocycles. The Morgan fingerprint density at radius 3 is 2.53 bits per heavy atom. The summed E-state index contributed by atoms with van der Waals surface area (Å²) in [6.07, 6.45) is 4.46. The summed E-state index contributed by atoms with van der Waals surface area (Å²) in [6.45, 7) is 4.33. The number of hydrogen-bond donors (Lipinski definition) is 1. The van der Waals surface area contributed by atoms with Crippen molar-refractivity contribution >= 4 is 16.7 Å². The number of carbonyl (C=O) groups excluding carboxylic acids is 1. The Labute approximate surface area is 173 Å². The number of rotatable bonds is 3. The summed E-state index contributed by atoms with van der Waals surface area (Å²) < 4.78 is 28.9. The molecule has 1 aromatic heterocycles. The highest BCUT2D eigenvalue weighted by Gasteiger charge is 2.29. The van der Waals surface area contributed by atoms with E-state index in [9.17, 15) is 18.4 Å². The molecule has 4 nitrogen and oxygen atoms in total. The summed E-state index contributed by atoms with van der Waals surface area (Å²) in [4.78, 5) is 26.2. The van der Waals surface area contributed by atoms with E-state index in [4.69, 9.17) is 0 Å². The third-order valence-corrected chi connectivity index (χ3v) is 6.36. The van der Waals surface area contributed by atoms with Crippen LogP contribution >= 0.6 is 0 Å². The molecule has 1 aliphatic carbocycles. The molecule has 2 aromatic carbocycles. The van der Waals surface area contributed by atoms with Crippen LogP contribution in [-0.2, 0) is 0 Å². The van der Waals surface area contributed by atoms with Gasteiger partial charge in [0.2, 0.25) is 0 Å². The number of fused-ring (bicyclic) bond motifs is 1. The molecule has 6 heteroatoms. The monoisotopic (exact) mass is 410 g/mol. The van der Waals surface area contributed by atoms with Crippen molar-refractivity contribution in [3.8, 4) is 5.69 Å². The van der Waals surface area contributed by atoms with Gasteiger partial charge in [-0.15, -0.1) is 0 Å². The topological polar surface area (TPSA) is 51.1 Å². The van der Waals surface area contributed by atoms with Crippen LogP contribution in [-0.4, -0.2) is 16.5 Å². The van der Waals surface area contributed by atoms with E-state index in [0.717, 1.165) is 36.0 Å². The maximum atomic E-state index is 14.4. The predicted octanol–water partition coefficient (Wildman–Crippen LogP) is 4.82. The zero-order valence-corrected chi connectivity index (χ0v) is 17.0. The summed E-state index contributed by atoms with van der Waals surface area (Å²) in [5, 5.41) is 3.94. The average molecular weight is 410 g/mol. The van der Waals surface area contributed by atoms with Crippen LogP contribution in [0, 0.1) is 23.5 Å². The molecule has 3 atom stereocenters. The van der Waals surface area contributed by atoms with Gasteiger partial charge in [-0.3, -0.25) is 14.2 Å². The number of carbonyl (C=O) groups is 1. The fourth-order valence-electron chi connectivity index (χ4n) is 4.36. The Kier molecular flexibility index (Phi) is 5.41. The van der Waals surface area contributed by atoms with Crippen molar-refractivity contribution in [3.63, 3.8) is 0 Å². The number of benzene rings is 2. The second kappa shape index (κ2) is 8.01. The summed E-state index contributed by atoms with van der Waals surface area (Å²) in [7, 11) is 0. The van der Waals surface area contributed by atoms with Gasteiger partial charge in [0.15, 0.2) is 0 Å². The molecular weight excluding hydrogens is 386 g/mol. The van der Waals surface area contributed by atoms with Gasteiger partial charge < -0.3 is 5.32 Å². The number of aromatic nitrogens is 1. The normalized spacial score (nSPS) is 21.5. The molecule has 1 amide bonds. The summed E-state index contributed by atoms with van der Waals surface area (Å²) >= 11 is 0. The van der Waals surface area contributed by atoms with Gasteiger partial charge in [-0.2, -0.15) is 0 Å². The fraction of sp³-hybridized carbons (Fsp3) is 0.333. The predicted molar refractivity (Wildman–Crippen MR) is 113 cm³/mol. The molecule has 0 radical (unpaired) electrons. The van der Waals surface area contributed by atoms with Crippen LogP contribution in [0.4, 0.5) is 8.78 Å². The average Bonchev–Trinajstić information content (AvgIpc) is 2.72. The van der Waals surface area contributed by atoms with Crippen LogP contribution in [0.15, 0.2) is 53.5 Å². The van der Waals surface area contributed by atoms with Crippen LogP contribution in [0.2, 0.25) is 0 Å². The Morgan fingerprint density at radius 1 is 1.07 bits per heavy atom. The zero-order valence-electron chi connectivity index (χ0n) is 17.0. The highest BCUT2D eigenvalue weighted by atomic mass is 19.1. The van der Waals surface area contributed by atoms with Gasteiger partial charge >= 0.3 is 0 Å². The van der Waals surface area contributed by atoms with Crippen LogP contribution in [0.5, 0.6) is 0 Å². The van der Waals surface area contributed by atoms with Crippen LogP contribution < -0.4 is 10.9 Å². The molecule has 1 N–H and O–H groups in total. The number of pyridine rings is 1. The maximum Gasteiger partial charge on any atom is 0.263 e. The Balaban J connectivity index is 1.82. The molecule has 0 spiro atoms. The third kappa shape index (κ3) is 3.62. The molecule has 156 valence electrons. The van der Waals surface area contributed by atoms with E-state index >= 15 is 0 Å². The molecule has 1 saturated carbocycles. The van der Waals surface area contributed by atoms with E-state index in [1.54, 1.807) is 24.3 Å². The Hall–Kier alpha value is -3.02. The SMILES string of the molecule is CC1CCCC(NC(=O)c2cn(-c3ccc(F)cc3F)c(=O)c3ccccc23)C1C. The van der Waals surface area contributed by atoms with Gasteiger partial charge in [0, 0.05) is 29.1 Å². The van der Waals surface area contributed by atoms with Gasteiger partial charge in [-0.05, 0) is 36.5 Å². The molecular formula is C24H24F2N2O2. The van der Waals surface area contributed by atoms with Crippen LogP contribution in [0.3, 0.4) is 0 Å². The molecule has 1 aliphatic rings. The molecule has 30 heavy (non-hydrogen) atoms. The lowest BCUT2D eigenvalue weighted by Crippen LogP contribution is -2.44. The second-order valence-electron chi connectivity index (χ2n) is 8.21. The van der Waals surface area contributed by atoms with Crippen molar-refractivity contribution < 1.29 is 13.6 Å². The third-order valence-electron chi connectivity index (χ3n) is 6.36. The Bertz CT molecular complexity index is 1170. The first kappa shape index (κ1) is 20.3. The van der Waals surface area contributed by atoms with Crippen molar-refractivity contribution in [2.45, 2.75) is 39.2 Å². The van der Waals surface area contributed by atoms with E-state index in [1.165, 1.54) is 12.3 Å². The number of nitrogens with zero attached hydrogens (tertiary/aromatic N) is 1. The van der Waals surface area contributed by atoms with Gasteiger partial charge in [0.05, 0.1) is 11.3 Å². The van der Waals surface area contributed by atoms with Gasteiger partial charge in [-0.25, -0.2) is 8.78 Å². The molecule has 1 heterocycles. The maximum absolute atomic E-state index is 14.4. The van der Waals surface area contributed by atoms with E-state index in [0.29, 0.717) is 28.2 Å². The van der Waals surface area contributed by atoms with E-state index < -0.39 is 17.2 Å². The molecule has 3 aromatic rings. The molecule has 0 bridgehead atoms. The molecule has 0 saturated heterocycles. The fourth-order valence-corrected chi connectivity index (χ4v) is 4.36. The van der Waals surface area contributed by atoms with E-state index in [-0.39, 0.29) is 17.6 Å². The standard InChI is InChI=1S/C24H24F2N2O2/c1-14-6-5-9-21(15(14)2)27-23(29)19-13-28(22-11-10-16(25)12-20(22)26)24(30)18-8-4-3-7-17(18)19/h3-4,7-8,10-15,21H,5-6,9H2,1-2H3,(H,27,29). The molecule has 3 unspecified atom stereocenters. The lowest BCUT2D eigenvalue weighted by molar-refractivity contribution is 0.0892. The molecule has 1 fully saturated rings. The number of amides is 1. The minimum Gasteiger partial charge on any atom is -0.349 e. The van der Waals surface area contributed by atoms with Crippen molar-refractivity contribution in [2.24, 2.45) is 11.8 Å². The number of halogens is 2. The summed E-state index contributed by atoms with van der Waals surface area (Å²) in [5.74, 6) is -1.04. The minimum absolute atomic E-state index is 0.0444. The smallest absolute Gasteiger partial charge is 0.263 e. The van der Waals surface area contributed by atoms with Crippen molar-refractivity contribution in [2.75, 3.05) is 0 Å². The number of hydrogen-bond acceptors (Lipinski definition) is 2. The van der Waals surface area contributed by atoms with Crippen LogP contribution in [0.25, 0.3) is 16.5 Å². The van der Waals surface area contributed by atoms with Crippen molar-refractivity contribution in [1.82, 2.24) is 9.88 Å². The second-order valence-corrected chi connectivity index (χ2v) is 8.21. The highest BCUT2D eigenvalue weighted by molar-refractivity contribution is 6.06. The summed E-state index contributed by atoms with van der Waals surface area (Å²) in [6, 6.07) is 9.83. The van der Waals surface area contributed by atoms with Crippen LogP contribution in [0.1, 0.15) is 43.5 Å². The van der Waals surface area contributed by atoms with Crippen molar-refractivity contribution in [3.05, 3.63) is 76.2 Å². The van der Waals surface area contributed by atoms with Gasteiger partial charge in [-0.1, -0.05) is 44.9 Å². The minimum atomic E-state index is -0.867. The largest absolute Gasteiger partial charge is 0.349 e. The quantitative estimate of drug-likeness (QED) is 0.673. The first-order valence-corrected chi connectivity index (χ1v) is 10.3. The zero-order chi connectivity index (χ0) is 21.4. The molecule has 4 rings (SSSR count). The van der Waals surface area contributed by atoms with E-state index in [2.05, 4.69) is 19.2 Å². The number of nitrogens with one attached hydrogen (secondary N) is 1. The lowest BCUT2D eigenvalue weighted by atomic mass is 9.78. The van der Waals surface area contributed by atoms with Gasteiger partial charge in [0.25, 0.3) is 11.5 Å². The highest BCUT2D eigenvalue weighted by Crippen LogP contribution is 2.30. The Morgan fingerprint density at radius 2 is 1.80 bits per heavy atom. The van der Waals surface area contributed by atoms with Crippen molar-refractivity contribution in [1.29, 1.82) is 0 Å².